The van der Waals surface area contributed by atoms with E-state index in [0.29, 0.717) is 6.04 Å². The van der Waals surface area contributed by atoms with Crippen LogP contribution in [0.5, 0.6) is 0 Å². The molecule has 2 aromatic rings. The van der Waals surface area contributed by atoms with Crippen LogP contribution in [0.4, 0.5) is 0 Å². The second-order valence-corrected chi connectivity index (χ2v) is 6.43. The van der Waals surface area contributed by atoms with Gasteiger partial charge in [-0.3, -0.25) is 4.90 Å². The molecule has 0 spiro atoms. The molecular weight excluding hydrogens is 282 g/mol. The van der Waals surface area contributed by atoms with Crippen molar-refractivity contribution in [2.45, 2.75) is 24.0 Å². The fourth-order valence-corrected chi connectivity index (χ4v) is 3.33. The van der Waals surface area contributed by atoms with Gasteiger partial charge in [-0.15, -0.1) is 16.9 Å². The third-order valence-electron chi connectivity index (χ3n) is 3.70. The maximum atomic E-state index is 4.04. The molecule has 1 aliphatic rings. The lowest BCUT2D eigenvalue weighted by Gasteiger charge is -2.16. The first kappa shape index (κ1) is 14.6. The van der Waals surface area contributed by atoms with Crippen LogP contribution in [-0.4, -0.2) is 51.7 Å². The van der Waals surface area contributed by atoms with Crippen LogP contribution in [0.15, 0.2) is 41.6 Å². The Morgan fingerprint density at radius 2 is 2.24 bits per heavy atom. The second kappa shape index (κ2) is 7.59. The largest absolute Gasteiger partial charge is 0.312 e. The van der Waals surface area contributed by atoms with Crippen molar-refractivity contribution in [3.8, 4) is 0 Å². The summed E-state index contributed by atoms with van der Waals surface area (Å²) in [6, 6.07) is 11.3. The fraction of sp³-hybridized carbons (Fsp3) is 0.467. The number of hydrogen-bond acceptors (Lipinski definition) is 5. The maximum absolute atomic E-state index is 4.04. The normalized spacial score (nSPS) is 19.1. The monoisotopic (exact) mass is 303 g/mol. The van der Waals surface area contributed by atoms with E-state index in [9.17, 15) is 0 Å². The molecule has 0 amide bonds. The van der Waals surface area contributed by atoms with Crippen molar-refractivity contribution in [1.29, 1.82) is 0 Å². The summed E-state index contributed by atoms with van der Waals surface area (Å²) in [5.41, 5.74) is 1.40. The first-order chi connectivity index (χ1) is 10.4. The lowest BCUT2D eigenvalue weighted by molar-refractivity contribution is 0.321. The Bertz CT molecular complexity index is 516. The minimum Gasteiger partial charge on any atom is -0.312 e. The van der Waals surface area contributed by atoms with Crippen LogP contribution in [0.1, 0.15) is 12.0 Å². The van der Waals surface area contributed by atoms with Crippen molar-refractivity contribution < 1.29 is 0 Å². The number of nitrogens with zero attached hydrogens (tertiary/aromatic N) is 3. The highest BCUT2D eigenvalue weighted by Crippen LogP contribution is 2.14. The third kappa shape index (κ3) is 4.56. The number of rotatable bonds is 7. The molecule has 1 atom stereocenters. The van der Waals surface area contributed by atoms with E-state index in [0.717, 1.165) is 30.4 Å². The highest BCUT2D eigenvalue weighted by molar-refractivity contribution is 7.99. The van der Waals surface area contributed by atoms with E-state index < -0.39 is 0 Å². The van der Waals surface area contributed by atoms with Gasteiger partial charge in [0.05, 0.1) is 6.20 Å². The minimum absolute atomic E-state index is 0.617. The van der Waals surface area contributed by atoms with Gasteiger partial charge in [-0.1, -0.05) is 30.3 Å². The Hall–Kier alpha value is -1.37. The van der Waals surface area contributed by atoms with Crippen LogP contribution in [0, 0.1) is 0 Å². The Balaban J connectivity index is 1.33. The SMILES string of the molecule is c1ccc(CN2CC[C@H](NCCSc3cn[nH]n3)C2)cc1. The van der Waals surface area contributed by atoms with Gasteiger partial charge in [-0.05, 0) is 12.0 Å². The molecular formula is C15H21N5S. The highest BCUT2D eigenvalue weighted by Gasteiger charge is 2.21. The predicted octanol–water partition coefficient (Wildman–Crippen LogP) is 1.76. The molecule has 2 heterocycles. The van der Waals surface area contributed by atoms with Crippen LogP contribution < -0.4 is 5.32 Å². The molecule has 5 nitrogen and oxygen atoms in total. The van der Waals surface area contributed by atoms with Gasteiger partial charge >= 0.3 is 0 Å². The Morgan fingerprint density at radius 1 is 1.33 bits per heavy atom. The fourth-order valence-electron chi connectivity index (χ4n) is 2.66. The average molecular weight is 303 g/mol. The summed E-state index contributed by atoms with van der Waals surface area (Å²) in [6.07, 6.45) is 3.00. The molecule has 1 aromatic heterocycles. The van der Waals surface area contributed by atoms with Crippen LogP contribution in [0.25, 0.3) is 0 Å². The zero-order chi connectivity index (χ0) is 14.3. The van der Waals surface area contributed by atoms with E-state index in [2.05, 4.69) is 56.0 Å². The number of aromatic nitrogens is 3. The van der Waals surface area contributed by atoms with Crippen LogP contribution in [-0.2, 0) is 6.54 Å². The highest BCUT2D eigenvalue weighted by atomic mass is 32.2. The molecule has 1 aromatic carbocycles. The first-order valence-electron chi connectivity index (χ1n) is 7.38. The first-order valence-corrected chi connectivity index (χ1v) is 8.37. The van der Waals surface area contributed by atoms with Gasteiger partial charge in [0.1, 0.15) is 5.03 Å². The van der Waals surface area contributed by atoms with Gasteiger partial charge in [0.2, 0.25) is 0 Å². The summed E-state index contributed by atoms with van der Waals surface area (Å²) in [5, 5.41) is 15.1. The molecule has 1 aliphatic heterocycles. The van der Waals surface area contributed by atoms with E-state index in [1.165, 1.54) is 18.5 Å². The van der Waals surface area contributed by atoms with Crippen molar-refractivity contribution in [2.75, 3.05) is 25.4 Å². The van der Waals surface area contributed by atoms with E-state index in [4.69, 9.17) is 0 Å². The van der Waals surface area contributed by atoms with E-state index in [-0.39, 0.29) is 0 Å². The molecule has 2 N–H and O–H groups in total. The Kier molecular flexibility index (Phi) is 5.26. The molecule has 1 saturated heterocycles. The molecule has 1 fully saturated rings. The van der Waals surface area contributed by atoms with Crippen molar-refractivity contribution in [2.24, 2.45) is 0 Å². The lowest BCUT2D eigenvalue weighted by Crippen LogP contribution is -2.33. The maximum Gasteiger partial charge on any atom is 0.138 e. The number of aromatic amines is 1. The van der Waals surface area contributed by atoms with Gasteiger partial charge < -0.3 is 5.32 Å². The number of benzene rings is 1. The summed E-state index contributed by atoms with van der Waals surface area (Å²) < 4.78 is 0. The van der Waals surface area contributed by atoms with Gasteiger partial charge in [-0.2, -0.15) is 10.3 Å². The van der Waals surface area contributed by atoms with E-state index in [1.54, 1.807) is 18.0 Å². The number of thioether (sulfide) groups is 1. The Morgan fingerprint density at radius 3 is 3.05 bits per heavy atom. The molecule has 3 rings (SSSR count). The minimum atomic E-state index is 0.617. The quantitative estimate of drug-likeness (QED) is 0.603. The molecule has 0 aliphatic carbocycles. The summed E-state index contributed by atoms with van der Waals surface area (Å²) >= 11 is 1.73. The number of hydrogen-bond donors (Lipinski definition) is 2. The van der Waals surface area contributed by atoms with Crippen LogP contribution in [0.2, 0.25) is 0 Å². The Labute approximate surface area is 129 Å². The van der Waals surface area contributed by atoms with Gasteiger partial charge in [0.15, 0.2) is 0 Å². The summed E-state index contributed by atoms with van der Waals surface area (Å²) in [7, 11) is 0. The summed E-state index contributed by atoms with van der Waals surface area (Å²) in [5.74, 6) is 1.03. The topological polar surface area (TPSA) is 56.8 Å². The molecule has 112 valence electrons. The lowest BCUT2D eigenvalue weighted by atomic mass is 10.2. The van der Waals surface area contributed by atoms with E-state index in [1.807, 2.05) is 0 Å². The van der Waals surface area contributed by atoms with E-state index >= 15 is 0 Å². The van der Waals surface area contributed by atoms with Crippen LogP contribution in [0.3, 0.4) is 0 Å². The number of nitrogens with one attached hydrogen (secondary N) is 2. The van der Waals surface area contributed by atoms with Crippen molar-refractivity contribution in [1.82, 2.24) is 25.6 Å². The van der Waals surface area contributed by atoms with Crippen LogP contribution >= 0.6 is 11.8 Å². The second-order valence-electron chi connectivity index (χ2n) is 5.32. The molecule has 0 unspecified atom stereocenters. The smallest absolute Gasteiger partial charge is 0.138 e. The average Bonchev–Trinajstić information content (AvgIpc) is 3.17. The molecule has 21 heavy (non-hydrogen) atoms. The van der Waals surface area contributed by atoms with Crippen molar-refractivity contribution in [3.05, 3.63) is 42.1 Å². The summed E-state index contributed by atoms with van der Waals surface area (Å²) in [6.45, 7) is 4.40. The third-order valence-corrected chi connectivity index (χ3v) is 4.60. The van der Waals surface area contributed by atoms with Gasteiger partial charge in [0.25, 0.3) is 0 Å². The molecule has 6 heteroatoms. The number of H-pyrrole nitrogens is 1. The van der Waals surface area contributed by atoms with Gasteiger partial charge in [-0.25, -0.2) is 0 Å². The summed E-state index contributed by atoms with van der Waals surface area (Å²) in [4.78, 5) is 2.53. The number of likely N-dealkylation sites (tertiary alicyclic amines) is 1. The van der Waals surface area contributed by atoms with Crippen molar-refractivity contribution >= 4 is 11.8 Å². The molecule has 0 saturated carbocycles. The predicted molar refractivity (Wildman–Crippen MR) is 85.2 cm³/mol. The van der Waals surface area contributed by atoms with Crippen molar-refractivity contribution in [3.63, 3.8) is 0 Å². The molecule has 0 bridgehead atoms. The molecule has 0 radical (unpaired) electrons. The standard InChI is InChI=1S/C15H21N5S/c1-2-4-13(5-3-1)11-20-8-6-14(12-20)16-7-9-21-15-10-17-19-18-15/h1-5,10,14,16H,6-9,11-12H2,(H,17,18,19)/t14-/m0/s1. The zero-order valence-electron chi connectivity index (χ0n) is 12.0. The zero-order valence-corrected chi connectivity index (χ0v) is 12.9. The van der Waals surface area contributed by atoms with Gasteiger partial charge in [0, 0.05) is 38.0 Å².